The summed E-state index contributed by atoms with van der Waals surface area (Å²) in [6, 6.07) is 0.770. The number of rotatable bonds is 6. The maximum Gasteiger partial charge on any atom is 0.237 e. The Morgan fingerprint density at radius 1 is 1.59 bits per heavy atom. The Morgan fingerprint density at radius 3 is 2.71 bits per heavy atom. The summed E-state index contributed by atoms with van der Waals surface area (Å²) in [5.41, 5.74) is 5.11. The molecule has 1 aliphatic rings. The largest absolute Gasteiger partial charge is 0.368 e. The van der Waals surface area contributed by atoms with Crippen molar-refractivity contribution in [2.75, 3.05) is 13.6 Å². The highest BCUT2D eigenvalue weighted by Gasteiger charge is 2.45. The summed E-state index contributed by atoms with van der Waals surface area (Å²) in [5.74, 6) is -0.196. The van der Waals surface area contributed by atoms with Crippen molar-refractivity contribution in [2.45, 2.75) is 64.1 Å². The van der Waals surface area contributed by atoms with E-state index < -0.39 is 5.54 Å². The van der Waals surface area contributed by atoms with Gasteiger partial charge in [0.1, 0.15) is 0 Å². The molecule has 1 fully saturated rings. The Kier molecular flexibility index (Phi) is 4.95. The molecule has 0 heterocycles. The number of hydrogen-bond acceptors (Lipinski definition) is 3. The summed E-state index contributed by atoms with van der Waals surface area (Å²) in [7, 11) is 2.14. The van der Waals surface area contributed by atoms with Crippen molar-refractivity contribution >= 4 is 5.91 Å². The first-order valence-corrected chi connectivity index (χ1v) is 6.69. The highest BCUT2D eigenvalue weighted by molar-refractivity contribution is 5.85. The molecule has 4 nitrogen and oxygen atoms in total. The van der Waals surface area contributed by atoms with Crippen molar-refractivity contribution < 1.29 is 4.79 Å². The summed E-state index contributed by atoms with van der Waals surface area (Å²) in [5, 5.41) is 3.38. The van der Waals surface area contributed by atoms with Crippen molar-refractivity contribution in [3.8, 4) is 0 Å². The van der Waals surface area contributed by atoms with Gasteiger partial charge in [0, 0.05) is 12.1 Å². The lowest BCUT2D eigenvalue weighted by Gasteiger charge is -2.31. The second-order valence-electron chi connectivity index (χ2n) is 5.62. The van der Waals surface area contributed by atoms with Crippen LogP contribution in [0.3, 0.4) is 0 Å². The second kappa shape index (κ2) is 5.83. The number of nitrogens with one attached hydrogen (secondary N) is 1. The Labute approximate surface area is 105 Å². The molecular weight excluding hydrogens is 214 g/mol. The van der Waals surface area contributed by atoms with Crippen molar-refractivity contribution in [1.82, 2.24) is 10.2 Å². The Balaban J connectivity index is 2.68. The number of carbonyl (C=O) groups excluding carboxylic acids is 1. The Morgan fingerprint density at radius 2 is 2.24 bits per heavy atom. The fourth-order valence-electron chi connectivity index (χ4n) is 2.91. The first-order valence-electron chi connectivity index (χ1n) is 6.69. The molecule has 4 heteroatoms. The van der Waals surface area contributed by atoms with Gasteiger partial charge in [-0.15, -0.1) is 0 Å². The lowest BCUT2D eigenvalue weighted by molar-refractivity contribution is -0.124. The van der Waals surface area contributed by atoms with Gasteiger partial charge in [-0.3, -0.25) is 4.79 Å². The van der Waals surface area contributed by atoms with E-state index in [1.165, 1.54) is 0 Å². The molecule has 2 unspecified atom stereocenters. The van der Waals surface area contributed by atoms with Gasteiger partial charge in [0.15, 0.2) is 0 Å². The Bertz CT molecular complexity index is 267. The second-order valence-corrected chi connectivity index (χ2v) is 5.62. The summed E-state index contributed by atoms with van der Waals surface area (Å²) < 4.78 is 0. The van der Waals surface area contributed by atoms with Gasteiger partial charge in [-0.1, -0.05) is 6.92 Å². The van der Waals surface area contributed by atoms with Crippen LogP contribution in [0.2, 0.25) is 0 Å². The third-order valence-corrected chi connectivity index (χ3v) is 3.72. The van der Waals surface area contributed by atoms with E-state index in [1.54, 1.807) is 0 Å². The summed E-state index contributed by atoms with van der Waals surface area (Å²) in [4.78, 5) is 14.1. The van der Waals surface area contributed by atoms with Crippen LogP contribution in [0.15, 0.2) is 0 Å². The van der Waals surface area contributed by atoms with Crippen LogP contribution in [0.4, 0.5) is 0 Å². The number of hydrogen-bond donors (Lipinski definition) is 2. The van der Waals surface area contributed by atoms with Crippen LogP contribution >= 0.6 is 0 Å². The fourth-order valence-corrected chi connectivity index (χ4v) is 2.91. The van der Waals surface area contributed by atoms with Crippen LogP contribution in [0.5, 0.6) is 0 Å². The van der Waals surface area contributed by atoms with Gasteiger partial charge in [-0.05, 0) is 53.1 Å². The van der Waals surface area contributed by atoms with E-state index in [0.29, 0.717) is 6.04 Å². The number of carbonyl (C=O) groups is 1. The molecule has 0 saturated heterocycles. The van der Waals surface area contributed by atoms with E-state index in [9.17, 15) is 4.79 Å². The normalized spacial score (nSPS) is 29.2. The molecule has 0 aromatic rings. The van der Waals surface area contributed by atoms with Gasteiger partial charge >= 0.3 is 0 Å². The third kappa shape index (κ3) is 3.42. The quantitative estimate of drug-likeness (QED) is 0.732. The van der Waals surface area contributed by atoms with Crippen molar-refractivity contribution in [3.05, 3.63) is 0 Å². The minimum Gasteiger partial charge on any atom is -0.368 e. The minimum absolute atomic E-state index is 0.196. The molecule has 0 aromatic carbocycles. The lowest BCUT2D eigenvalue weighted by Crippen LogP contribution is -2.56. The molecule has 0 spiro atoms. The van der Waals surface area contributed by atoms with Crippen molar-refractivity contribution in [3.63, 3.8) is 0 Å². The average molecular weight is 241 g/mol. The van der Waals surface area contributed by atoms with Gasteiger partial charge in [0.2, 0.25) is 5.91 Å². The third-order valence-electron chi connectivity index (χ3n) is 3.72. The molecule has 2 atom stereocenters. The average Bonchev–Trinajstić information content (AvgIpc) is 2.63. The predicted molar refractivity (Wildman–Crippen MR) is 70.8 cm³/mol. The van der Waals surface area contributed by atoms with Crippen LogP contribution in [-0.2, 0) is 4.79 Å². The molecule has 3 N–H and O–H groups in total. The van der Waals surface area contributed by atoms with Crippen LogP contribution in [0.1, 0.15) is 46.5 Å². The number of primary amides is 1. The fraction of sp³-hybridized carbons (Fsp3) is 0.923. The summed E-state index contributed by atoms with van der Waals surface area (Å²) >= 11 is 0. The zero-order chi connectivity index (χ0) is 13.1. The molecule has 0 bridgehead atoms. The predicted octanol–water partition coefficient (Wildman–Crippen LogP) is 1.10. The number of nitrogens with two attached hydrogens (primary N) is 1. The first kappa shape index (κ1) is 14.5. The monoisotopic (exact) mass is 241 g/mol. The minimum atomic E-state index is -0.485. The van der Waals surface area contributed by atoms with Crippen molar-refractivity contribution in [1.29, 1.82) is 0 Å². The molecule has 1 saturated carbocycles. The van der Waals surface area contributed by atoms with Crippen LogP contribution in [0.25, 0.3) is 0 Å². The van der Waals surface area contributed by atoms with E-state index in [2.05, 4.69) is 38.0 Å². The zero-order valence-corrected chi connectivity index (χ0v) is 11.6. The highest BCUT2D eigenvalue weighted by Crippen LogP contribution is 2.33. The molecule has 0 radical (unpaired) electrons. The maximum atomic E-state index is 11.7. The molecule has 1 aliphatic carbocycles. The molecule has 1 rings (SSSR count). The SMILES string of the molecule is CCCN(C)C1CCC(NC(C)C)(C(N)=O)C1. The molecule has 0 aliphatic heterocycles. The van der Waals surface area contributed by atoms with E-state index in [-0.39, 0.29) is 11.9 Å². The topological polar surface area (TPSA) is 58.4 Å². The summed E-state index contributed by atoms with van der Waals surface area (Å²) in [6.45, 7) is 7.39. The number of nitrogens with zero attached hydrogens (tertiary/aromatic N) is 1. The van der Waals surface area contributed by atoms with Gasteiger partial charge in [-0.2, -0.15) is 0 Å². The molecule has 17 heavy (non-hydrogen) atoms. The smallest absolute Gasteiger partial charge is 0.237 e. The van der Waals surface area contributed by atoms with Crippen LogP contribution < -0.4 is 11.1 Å². The molecule has 0 aromatic heterocycles. The van der Waals surface area contributed by atoms with Gasteiger partial charge in [0.05, 0.1) is 5.54 Å². The Hall–Kier alpha value is -0.610. The van der Waals surface area contributed by atoms with E-state index in [0.717, 1.165) is 32.2 Å². The van der Waals surface area contributed by atoms with E-state index in [1.807, 2.05) is 0 Å². The van der Waals surface area contributed by atoms with E-state index >= 15 is 0 Å². The van der Waals surface area contributed by atoms with Crippen LogP contribution in [-0.4, -0.2) is 42.0 Å². The standard InChI is InChI=1S/C13H27N3O/c1-5-8-16(4)11-6-7-13(9-11,12(14)17)15-10(2)3/h10-11,15H,5-9H2,1-4H3,(H2,14,17). The number of amides is 1. The van der Waals surface area contributed by atoms with Crippen molar-refractivity contribution in [2.24, 2.45) is 5.73 Å². The lowest BCUT2D eigenvalue weighted by atomic mass is 9.95. The molecule has 1 amide bonds. The summed E-state index contributed by atoms with van der Waals surface area (Å²) in [6.07, 6.45) is 3.91. The van der Waals surface area contributed by atoms with E-state index in [4.69, 9.17) is 5.73 Å². The van der Waals surface area contributed by atoms with Gasteiger partial charge in [-0.25, -0.2) is 0 Å². The molecule has 100 valence electrons. The van der Waals surface area contributed by atoms with Crippen LogP contribution in [0, 0.1) is 0 Å². The highest BCUT2D eigenvalue weighted by atomic mass is 16.1. The van der Waals surface area contributed by atoms with Gasteiger partial charge in [0.25, 0.3) is 0 Å². The molecular formula is C13H27N3O. The maximum absolute atomic E-state index is 11.7. The first-order chi connectivity index (χ1) is 7.91. The zero-order valence-electron chi connectivity index (χ0n) is 11.6. The van der Waals surface area contributed by atoms with Gasteiger partial charge < -0.3 is 16.0 Å².